The average Bonchev–Trinajstić information content (AvgIpc) is 3.23. The molecule has 0 aliphatic carbocycles. The lowest BCUT2D eigenvalue weighted by molar-refractivity contribution is -0.156. The molecule has 0 bridgehead atoms. The van der Waals surface area contributed by atoms with E-state index in [2.05, 4.69) is 6.92 Å². The van der Waals surface area contributed by atoms with E-state index in [4.69, 9.17) is 4.74 Å². The fourth-order valence-corrected chi connectivity index (χ4v) is 7.33. The molecular formula is C31H41N3O5. The number of carbonyl (C=O) groups excluding carboxylic acids is 3. The highest BCUT2D eigenvalue weighted by Gasteiger charge is 2.76. The molecule has 0 radical (unpaired) electrons. The number of fused-ring (bicyclic) bond motifs is 2. The van der Waals surface area contributed by atoms with Gasteiger partial charge in [-0.1, -0.05) is 69.7 Å². The molecule has 2 saturated heterocycles. The second-order valence-electron chi connectivity index (χ2n) is 11.3. The normalized spacial score (nSPS) is 33.5. The van der Waals surface area contributed by atoms with E-state index in [1.807, 2.05) is 80.3 Å². The monoisotopic (exact) mass is 535 g/mol. The number of nitrogens with zero attached hydrogens (tertiary/aromatic N) is 3. The molecule has 1 N–H and O–H groups in total. The Bertz CT molecular complexity index is 1160. The summed E-state index contributed by atoms with van der Waals surface area (Å²) in [4.78, 5) is 48.5. The van der Waals surface area contributed by atoms with E-state index in [1.54, 1.807) is 9.80 Å². The molecule has 4 aliphatic heterocycles. The smallest absolute Gasteiger partial charge is 0.249 e. The number of para-hydroxylation sites is 1. The molecule has 3 amide bonds. The minimum Gasteiger partial charge on any atom is -0.394 e. The number of ether oxygens (including phenoxy) is 1. The van der Waals surface area contributed by atoms with Gasteiger partial charge in [0.1, 0.15) is 11.6 Å². The molecule has 2 fully saturated rings. The summed E-state index contributed by atoms with van der Waals surface area (Å²) >= 11 is 0. The first-order valence-electron chi connectivity index (χ1n) is 14.5. The lowest BCUT2D eigenvalue weighted by Gasteiger charge is -2.41. The number of aliphatic hydroxyl groups excluding tert-OH is 1. The number of hydrogen-bond donors (Lipinski definition) is 1. The maximum absolute atomic E-state index is 14.5. The van der Waals surface area contributed by atoms with Crippen LogP contribution in [0.1, 0.15) is 53.4 Å². The summed E-state index contributed by atoms with van der Waals surface area (Å²) in [7, 11) is 0. The number of aliphatic hydroxyl groups is 1. The Hall–Kier alpha value is -2.97. The summed E-state index contributed by atoms with van der Waals surface area (Å²) in [5.41, 5.74) is -1.58. The van der Waals surface area contributed by atoms with Crippen molar-refractivity contribution in [2.75, 3.05) is 24.6 Å². The van der Waals surface area contributed by atoms with E-state index in [9.17, 15) is 19.5 Å². The summed E-state index contributed by atoms with van der Waals surface area (Å²) in [6.07, 6.45) is 10.5. The minimum atomic E-state index is -1.31. The molecule has 0 aromatic heterocycles. The average molecular weight is 536 g/mol. The Morgan fingerprint density at radius 1 is 0.974 bits per heavy atom. The van der Waals surface area contributed by atoms with Gasteiger partial charge in [0.25, 0.3) is 0 Å². The van der Waals surface area contributed by atoms with Crippen LogP contribution in [0.25, 0.3) is 0 Å². The van der Waals surface area contributed by atoms with Gasteiger partial charge in [-0.25, -0.2) is 0 Å². The van der Waals surface area contributed by atoms with E-state index in [1.165, 1.54) is 0 Å². The minimum absolute atomic E-state index is 0.0189. The fourth-order valence-electron chi connectivity index (χ4n) is 7.33. The number of rotatable bonds is 8. The zero-order valence-corrected chi connectivity index (χ0v) is 23.5. The lowest BCUT2D eigenvalue weighted by atomic mass is 9.73. The van der Waals surface area contributed by atoms with Gasteiger partial charge in [0, 0.05) is 24.8 Å². The number of carbonyl (C=O) groups is 3. The zero-order chi connectivity index (χ0) is 27.9. The van der Waals surface area contributed by atoms with Crippen LogP contribution in [-0.4, -0.2) is 81.7 Å². The van der Waals surface area contributed by atoms with Gasteiger partial charge in [-0.15, -0.1) is 0 Å². The highest BCUT2D eigenvalue weighted by atomic mass is 16.5. The molecule has 0 saturated carbocycles. The topological polar surface area (TPSA) is 90.4 Å². The van der Waals surface area contributed by atoms with Gasteiger partial charge >= 0.3 is 0 Å². The third-order valence-corrected chi connectivity index (χ3v) is 9.29. The van der Waals surface area contributed by atoms with Crippen LogP contribution < -0.4 is 4.90 Å². The van der Waals surface area contributed by atoms with Crippen LogP contribution in [0.2, 0.25) is 0 Å². The Kier molecular flexibility index (Phi) is 7.46. The predicted molar refractivity (Wildman–Crippen MR) is 149 cm³/mol. The number of anilines is 1. The van der Waals surface area contributed by atoms with Crippen molar-refractivity contribution in [3.63, 3.8) is 0 Å². The van der Waals surface area contributed by atoms with Crippen LogP contribution >= 0.6 is 0 Å². The molecule has 1 aromatic carbocycles. The Morgan fingerprint density at radius 2 is 1.69 bits per heavy atom. The molecular weight excluding hydrogens is 494 g/mol. The van der Waals surface area contributed by atoms with Crippen molar-refractivity contribution >= 4 is 23.4 Å². The SMILES string of the molecule is CCCC(C)N1CC=C[C@]23O[C@]4(CC)C=CCN(c5ccccc5)C(=O)[C@@H]4[C@H]2C(=O)N([C@@H](CC)CO)C3C1=O. The summed E-state index contributed by atoms with van der Waals surface area (Å²) in [5.74, 6) is -2.34. The van der Waals surface area contributed by atoms with Gasteiger partial charge in [0.15, 0.2) is 0 Å². The zero-order valence-electron chi connectivity index (χ0n) is 23.5. The van der Waals surface area contributed by atoms with Crippen LogP contribution in [0.5, 0.6) is 0 Å². The van der Waals surface area contributed by atoms with Crippen LogP contribution in [0, 0.1) is 11.8 Å². The van der Waals surface area contributed by atoms with Crippen LogP contribution in [0.3, 0.4) is 0 Å². The van der Waals surface area contributed by atoms with Crippen molar-refractivity contribution in [3.05, 3.63) is 54.6 Å². The van der Waals surface area contributed by atoms with Gasteiger partial charge in [-0.05, 0) is 38.3 Å². The maximum Gasteiger partial charge on any atom is 0.249 e. The summed E-state index contributed by atoms with van der Waals surface area (Å²) < 4.78 is 7.02. The van der Waals surface area contributed by atoms with Crippen molar-refractivity contribution in [1.82, 2.24) is 9.80 Å². The quantitative estimate of drug-likeness (QED) is 0.516. The molecule has 5 rings (SSSR count). The number of hydrogen-bond acceptors (Lipinski definition) is 5. The molecule has 8 nitrogen and oxygen atoms in total. The molecule has 1 aromatic rings. The Balaban J connectivity index is 1.67. The van der Waals surface area contributed by atoms with E-state index < -0.39 is 35.1 Å². The molecule has 8 heteroatoms. The van der Waals surface area contributed by atoms with Crippen molar-refractivity contribution in [2.45, 2.75) is 82.7 Å². The summed E-state index contributed by atoms with van der Waals surface area (Å²) in [6.45, 7) is 8.51. The van der Waals surface area contributed by atoms with Crippen molar-refractivity contribution < 1.29 is 24.2 Å². The Labute approximate surface area is 231 Å². The van der Waals surface area contributed by atoms with E-state index in [-0.39, 0.29) is 30.4 Å². The van der Waals surface area contributed by atoms with Gasteiger partial charge in [0.2, 0.25) is 17.7 Å². The Morgan fingerprint density at radius 3 is 2.33 bits per heavy atom. The summed E-state index contributed by atoms with van der Waals surface area (Å²) in [6, 6.07) is 7.95. The van der Waals surface area contributed by atoms with E-state index in [0.29, 0.717) is 25.9 Å². The van der Waals surface area contributed by atoms with Gasteiger partial charge in [-0.2, -0.15) is 0 Å². The molecule has 1 spiro atoms. The maximum atomic E-state index is 14.5. The largest absolute Gasteiger partial charge is 0.394 e. The predicted octanol–water partition coefficient (Wildman–Crippen LogP) is 3.31. The lowest BCUT2D eigenvalue weighted by Crippen LogP contribution is -2.59. The van der Waals surface area contributed by atoms with Crippen LogP contribution in [0.15, 0.2) is 54.6 Å². The van der Waals surface area contributed by atoms with Crippen molar-refractivity contribution in [3.8, 4) is 0 Å². The van der Waals surface area contributed by atoms with Crippen LogP contribution in [0.4, 0.5) is 5.69 Å². The second kappa shape index (κ2) is 10.5. The first kappa shape index (κ1) is 27.6. The summed E-state index contributed by atoms with van der Waals surface area (Å²) in [5, 5.41) is 10.3. The van der Waals surface area contributed by atoms with E-state index in [0.717, 1.165) is 18.5 Å². The molecule has 4 heterocycles. The fraction of sp³-hybridized carbons (Fsp3) is 0.581. The van der Waals surface area contributed by atoms with Gasteiger partial charge < -0.3 is 24.5 Å². The highest BCUT2D eigenvalue weighted by Crippen LogP contribution is 2.59. The molecule has 7 atom stereocenters. The molecule has 2 unspecified atom stereocenters. The van der Waals surface area contributed by atoms with Crippen LogP contribution in [-0.2, 0) is 19.1 Å². The second-order valence-corrected chi connectivity index (χ2v) is 11.3. The van der Waals surface area contributed by atoms with Crippen molar-refractivity contribution in [2.24, 2.45) is 11.8 Å². The van der Waals surface area contributed by atoms with Gasteiger partial charge in [-0.3, -0.25) is 14.4 Å². The third-order valence-electron chi connectivity index (χ3n) is 9.29. The number of benzene rings is 1. The standard InChI is InChI=1S/C31H41N3O5/c1-5-13-21(4)32-18-12-17-31-25(28(37)34(22(6-2)20-35)26(31)29(32)38)24-27(36)33(23-14-9-8-10-15-23)19-11-16-30(24,7-3)39-31/h8-12,14-17,21-22,24-26,35H,5-7,13,18-20H2,1-4H3/t21?,22-,24-,25-,26?,30+,31-/m0/s1. The molecule has 4 aliphatic rings. The van der Waals surface area contributed by atoms with Gasteiger partial charge in [0.05, 0.1) is 30.1 Å². The van der Waals surface area contributed by atoms with Crippen molar-refractivity contribution in [1.29, 1.82) is 0 Å². The molecule has 39 heavy (non-hydrogen) atoms. The number of amides is 3. The first-order chi connectivity index (χ1) is 18.8. The third kappa shape index (κ3) is 4.06. The highest BCUT2D eigenvalue weighted by molar-refractivity contribution is 6.04. The first-order valence-corrected chi connectivity index (χ1v) is 14.5. The van der Waals surface area contributed by atoms with E-state index >= 15 is 0 Å². The number of likely N-dealkylation sites (tertiary alicyclic amines) is 1. The molecule has 210 valence electrons.